The molecule has 0 saturated carbocycles. The zero-order valence-corrected chi connectivity index (χ0v) is 17.4. The van der Waals surface area contributed by atoms with Crippen LogP contribution in [-0.4, -0.2) is 46.8 Å². The van der Waals surface area contributed by atoms with Crippen LogP contribution in [0.5, 0.6) is 28.7 Å². The average molecular weight is 414 g/mol. The van der Waals surface area contributed by atoms with E-state index in [2.05, 4.69) is 4.74 Å². The van der Waals surface area contributed by atoms with E-state index in [4.69, 9.17) is 23.7 Å². The van der Waals surface area contributed by atoms with Crippen LogP contribution in [0, 0.1) is 6.92 Å². The van der Waals surface area contributed by atoms with Crippen molar-refractivity contribution in [3.63, 3.8) is 0 Å². The maximum absolute atomic E-state index is 12.8. The molecule has 2 aromatic rings. The van der Waals surface area contributed by atoms with Crippen molar-refractivity contribution in [3.8, 4) is 28.7 Å². The van der Waals surface area contributed by atoms with Gasteiger partial charge in [-0.1, -0.05) is 0 Å². The predicted molar refractivity (Wildman–Crippen MR) is 108 cm³/mol. The van der Waals surface area contributed by atoms with Crippen molar-refractivity contribution in [2.24, 2.45) is 0 Å². The summed E-state index contributed by atoms with van der Waals surface area (Å²) in [6.07, 6.45) is 1.58. The Morgan fingerprint density at radius 2 is 1.67 bits per heavy atom. The first kappa shape index (κ1) is 21.0. The Morgan fingerprint density at radius 1 is 0.967 bits per heavy atom. The number of methoxy groups -OCH3 is 4. The Morgan fingerprint density at radius 3 is 2.30 bits per heavy atom. The van der Waals surface area contributed by atoms with E-state index in [1.54, 1.807) is 37.3 Å². The van der Waals surface area contributed by atoms with Gasteiger partial charge in [-0.05, 0) is 37.3 Å². The van der Waals surface area contributed by atoms with Gasteiger partial charge in [0.05, 0.1) is 34.0 Å². The van der Waals surface area contributed by atoms with Gasteiger partial charge in [0.15, 0.2) is 23.9 Å². The normalized spacial score (nSPS) is 13.5. The quantitative estimate of drug-likeness (QED) is 0.504. The number of benzene rings is 2. The van der Waals surface area contributed by atoms with E-state index in [1.807, 2.05) is 0 Å². The third-order valence-electron chi connectivity index (χ3n) is 4.63. The zero-order chi connectivity index (χ0) is 21.8. The number of carbonyl (C=O) groups excluding carboxylic acids is 2. The fourth-order valence-electron chi connectivity index (χ4n) is 3.10. The molecule has 0 atom stereocenters. The molecule has 1 heterocycles. The fourth-order valence-corrected chi connectivity index (χ4v) is 3.10. The summed E-state index contributed by atoms with van der Waals surface area (Å²) in [6, 6.07) is 6.68. The molecule has 0 aliphatic carbocycles. The molecular weight excluding hydrogens is 392 g/mol. The molecule has 0 spiro atoms. The third-order valence-corrected chi connectivity index (χ3v) is 4.63. The largest absolute Gasteiger partial charge is 0.493 e. The molecule has 0 N–H and O–H groups in total. The van der Waals surface area contributed by atoms with Crippen LogP contribution in [0.25, 0.3) is 6.08 Å². The minimum Gasteiger partial charge on any atom is -0.493 e. The minimum absolute atomic E-state index is 0.128. The first-order chi connectivity index (χ1) is 14.4. The summed E-state index contributed by atoms with van der Waals surface area (Å²) < 4.78 is 32.0. The van der Waals surface area contributed by atoms with Crippen LogP contribution in [0.2, 0.25) is 0 Å². The highest BCUT2D eigenvalue weighted by molar-refractivity contribution is 6.15. The van der Waals surface area contributed by atoms with E-state index in [0.717, 1.165) is 0 Å². The summed E-state index contributed by atoms with van der Waals surface area (Å²) in [6.45, 7) is 1.51. The second kappa shape index (κ2) is 8.77. The SMILES string of the molecule is COC(=O)COc1ccc2c(c1C)O/C(=C\c1ccc(OC)c(OC)c1OC)C2=O. The summed E-state index contributed by atoms with van der Waals surface area (Å²) in [4.78, 5) is 24.2. The number of hydrogen-bond acceptors (Lipinski definition) is 8. The predicted octanol–water partition coefficient (Wildman–Crippen LogP) is 3.19. The van der Waals surface area contributed by atoms with E-state index in [0.29, 0.717) is 45.4 Å². The Bertz CT molecular complexity index is 1020. The van der Waals surface area contributed by atoms with Crippen LogP contribution in [0.1, 0.15) is 21.5 Å². The molecule has 1 aliphatic heterocycles. The number of carbonyl (C=O) groups is 2. The topological polar surface area (TPSA) is 89.5 Å². The second-order valence-electron chi connectivity index (χ2n) is 6.29. The number of hydrogen-bond donors (Lipinski definition) is 0. The Hall–Kier alpha value is -3.68. The molecule has 0 unspecified atom stereocenters. The molecular formula is C22H22O8. The number of esters is 1. The van der Waals surface area contributed by atoms with E-state index in [9.17, 15) is 9.59 Å². The number of allylic oxidation sites excluding steroid dienone is 1. The summed E-state index contributed by atoms with van der Waals surface area (Å²) in [7, 11) is 5.81. The number of fused-ring (bicyclic) bond motifs is 1. The average Bonchev–Trinajstić information content (AvgIpc) is 3.08. The van der Waals surface area contributed by atoms with E-state index < -0.39 is 5.97 Å². The van der Waals surface area contributed by atoms with Crippen LogP contribution >= 0.6 is 0 Å². The summed E-state index contributed by atoms with van der Waals surface area (Å²) in [5.74, 6) is 1.48. The van der Waals surface area contributed by atoms with Crippen LogP contribution < -0.4 is 23.7 Å². The van der Waals surface area contributed by atoms with Crippen molar-refractivity contribution < 1.29 is 38.0 Å². The van der Waals surface area contributed by atoms with Gasteiger partial charge in [-0.2, -0.15) is 0 Å². The first-order valence-corrected chi connectivity index (χ1v) is 9.01. The Labute approximate surface area is 173 Å². The smallest absolute Gasteiger partial charge is 0.343 e. The maximum atomic E-state index is 12.8. The van der Waals surface area contributed by atoms with Gasteiger partial charge in [-0.25, -0.2) is 4.79 Å². The maximum Gasteiger partial charge on any atom is 0.343 e. The van der Waals surface area contributed by atoms with E-state index in [1.165, 1.54) is 28.4 Å². The van der Waals surface area contributed by atoms with Crippen molar-refractivity contribution >= 4 is 17.8 Å². The van der Waals surface area contributed by atoms with Gasteiger partial charge < -0.3 is 28.4 Å². The summed E-state index contributed by atoms with van der Waals surface area (Å²) in [5, 5.41) is 0. The molecule has 158 valence electrons. The molecule has 0 aromatic heterocycles. The molecule has 8 nitrogen and oxygen atoms in total. The fraction of sp³-hybridized carbons (Fsp3) is 0.273. The van der Waals surface area contributed by atoms with Gasteiger partial charge in [0.25, 0.3) is 0 Å². The molecule has 0 amide bonds. The number of ketones is 1. The number of Topliss-reactive ketones (excluding diaryl/α,β-unsaturated/α-hetero) is 1. The van der Waals surface area contributed by atoms with Crippen molar-refractivity contribution in [1.29, 1.82) is 0 Å². The lowest BCUT2D eigenvalue weighted by molar-refractivity contribution is -0.142. The van der Waals surface area contributed by atoms with Gasteiger partial charge in [-0.3, -0.25) is 4.79 Å². The molecule has 0 radical (unpaired) electrons. The van der Waals surface area contributed by atoms with Crippen LogP contribution in [0.3, 0.4) is 0 Å². The molecule has 1 aliphatic rings. The van der Waals surface area contributed by atoms with Gasteiger partial charge >= 0.3 is 5.97 Å². The number of rotatable bonds is 7. The molecule has 0 bridgehead atoms. The van der Waals surface area contributed by atoms with E-state index >= 15 is 0 Å². The summed E-state index contributed by atoms with van der Waals surface area (Å²) >= 11 is 0. The van der Waals surface area contributed by atoms with Crippen LogP contribution in [0.4, 0.5) is 0 Å². The minimum atomic E-state index is -0.506. The second-order valence-corrected chi connectivity index (χ2v) is 6.29. The monoisotopic (exact) mass is 414 g/mol. The van der Waals surface area contributed by atoms with Gasteiger partial charge in [0, 0.05) is 11.1 Å². The highest BCUT2D eigenvalue weighted by atomic mass is 16.6. The van der Waals surface area contributed by atoms with Gasteiger partial charge in [-0.15, -0.1) is 0 Å². The zero-order valence-electron chi connectivity index (χ0n) is 17.4. The van der Waals surface area contributed by atoms with Crippen LogP contribution in [0.15, 0.2) is 30.0 Å². The number of ether oxygens (including phenoxy) is 6. The lowest BCUT2D eigenvalue weighted by Gasteiger charge is -2.14. The van der Waals surface area contributed by atoms with Gasteiger partial charge in [0.1, 0.15) is 11.5 Å². The molecule has 0 saturated heterocycles. The third kappa shape index (κ3) is 3.76. The highest BCUT2D eigenvalue weighted by Gasteiger charge is 2.31. The van der Waals surface area contributed by atoms with Crippen LogP contribution in [-0.2, 0) is 9.53 Å². The van der Waals surface area contributed by atoms with Crippen molar-refractivity contribution in [1.82, 2.24) is 0 Å². The van der Waals surface area contributed by atoms with E-state index in [-0.39, 0.29) is 18.1 Å². The lowest BCUT2D eigenvalue weighted by Crippen LogP contribution is -2.13. The van der Waals surface area contributed by atoms with Crippen molar-refractivity contribution in [2.45, 2.75) is 6.92 Å². The molecule has 8 heteroatoms. The first-order valence-electron chi connectivity index (χ1n) is 9.01. The molecule has 2 aromatic carbocycles. The molecule has 0 fully saturated rings. The molecule has 30 heavy (non-hydrogen) atoms. The Balaban J connectivity index is 1.96. The summed E-state index contributed by atoms with van der Waals surface area (Å²) in [5.41, 5.74) is 1.60. The van der Waals surface area contributed by atoms with Crippen molar-refractivity contribution in [2.75, 3.05) is 35.0 Å². The van der Waals surface area contributed by atoms with Crippen molar-refractivity contribution in [3.05, 3.63) is 46.7 Å². The highest BCUT2D eigenvalue weighted by Crippen LogP contribution is 2.43. The lowest BCUT2D eigenvalue weighted by atomic mass is 10.1. The van der Waals surface area contributed by atoms with Gasteiger partial charge in [0.2, 0.25) is 11.5 Å². The Kier molecular flexibility index (Phi) is 6.15. The molecule has 3 rings (SSSR count). The standard InChI is InChI=1S/C22H22O8/c1-12-15(29-11-18(23)26-3)9-7-14-19(24)17(30-20(12)14)10-13-6-8-16(25-2)22(28-5)21(13)27-4/h6-10H,11H2,1-5H3/b17-10-.